The van der Waals surface area contributed by atoms with E-state index in [1.807, 2.05) is 5.38 Å². The maximum atomic E-state index is 14.0. The molecule has 0 saturated carbocycles. The largest absolute Gasteiger partial charge is 0.497 e. The van der Waals surface area contributed by atoms with Gasteiger partial charge in [-0.25, -0.2) is 9.37 Å². The van der Waals surface area contributed by atoms with Gasteiger partial charge in [-0.2, -0.15) is 0 Å². The second-order valence-corrected chi connectivity index (χ2v) is 5.43. The molecule has 3 rings (SSSR count). The number of aromatic nitrogens is 1. The number of thiazole rings is 1. The van der Waals surface area contributed by atoms with Gasteiger partial charge in [0.1, 0.15) is 16.6 Å². The van der Waals surface area contributed by atoms with Crippen LogP contribution in [0.4, 0.5) is 4.39 Å². The molecule has 2 heterocycles. The summed E-state index contributed by atoms with van der Waals surface area (Å²) in [4.78, 5) is 4.55. The van der Waals surface area contributed by atoms with Gasteiger partial charge in [-0.15, -0.1) is 11.3 Å². The van der Waals surface area contributed by atoms with Gasteiger partial charge >= 0.3 is 0 Å². The summed E-state index contributed by atoms with van der Waals surface area (Å²) in [6.07, 6.45) is 2.28. The van der Waals surface area contributed by atoms with Gasteiger partial charge in [-0.05, 0) is 31.5 Å². The molecule has 0 spiro atoms. The molecular weight excluding hydrogens is 263 g/mol. The van der Waals surface area contributed by atoms with E-state index in [0.717, 1.165) is 23.7 Å². The minimum absolute atomic E-state index is 0.292. The third kappa shape index (κ3) is 2.48. The van der Waals surface area contributed by atoms with Crippen LogP contribution < -0.4 is 10.1 Å². The third-order valence-electron chi connectivity index (χ3n) is 3.35. The molecule has 1 aromatic heterocycles. The van der Waals surface area contributed by atoms with Crippen molar-refractivity contribution in [2.45, 2.75) is 18.9 Å². The van der Waals surface area contributed by atoms with E-state index < -0.39 is 0 Å². The molecule has 100 valence electrons. The Balaban J connectivity index is 1.89. The van der Waals surface area contributed by atoms with Crippen molar-refractivity contribution in [2.24, 2.45) is 0 Å². The van der Waals surface area contributed by atoms with E-state index in [1.165, 1.54) is 30.9 Å². The lowest BCUT2D eigenvalue weighted by atomic mass is 10.2. The van der Waals surface area contributed by atoms with Crippen LogP contribution in [0.5, 0.6) is 5.75 Å². The highest BCUT2D eigenvalue weighted by atomic mass is 32.1. The maximum absolute atomic E-state index is 14.0. The molecule has 0 amide bonds. The fraction of sp³-hybridized carbons (Fsp3) is 0.357. The summed E-state index contributed by atoms with van der Waals surface area (Å²) in [6.45, 7) is 1.04. The van der Waals surface area contributed by atoms with Crippen molar-refractivity contribution < 1.29 is 9.13 Å². The van der Waals surface area contributed by atoms with Crippen molar-refractivity contribution in [2.75, 3.05) is 13.7 Å². The van der Waals surface area contributed by atoms with E-state index >= 15 is 0 Å². The first kappa shape index (κ1) is 12.6. The van der Waals surface area contributed by atoms with Gasteiger partial charge in [0, 0.05) is 17.0 Å². The summed E-state index contributed by atoms with van der Waals surface area (Å²) in [5, 5.41) is 6.14. The van der Waals surface area contributed by atoms with Gasteiger partial charge in [0.25, 0.3) is 0 Å². The lowest BCUT2D eigenvalue weighted by Crippen LogP contribution is -2.12. The van der Waals surface area contributed by atoms with Crippen LogP contribution in [0.15, 0.2) is 23.6 Å². The highest BCUT2D eigenvalue weighted by Gasteiger charge is 2.20. The molecule has 1 aliphatic heterocycles. The van der Waals surface area contributed by atoms with Crippen LogP contribution in [0.1, 0.15) is 24.6 Å². The second kappa shape index (κ2) is 5.27. The van der Waals surface area contributed by atoms with Crippen molar-refractivity contribution in [1.29, 1.82) is 0 Å². The summed E-state index contributed by atoms with van der Waals surface area (Å²) >= 11 is 1.49. The van der Waals surface area contributed by atoms with Crippen LogP contribution in [0.3, 0.4) is 0 Å². The van der Waals surface area contributed by atoms with E-state index in [-0.39, 0.29) is 5.82 Å². The number of hydrogen-bond donors (Lipinski definition) is 1. The number of rotatable bonds is 3. The van der Waals surface area contributed by atoms with Gasteiger partial charge in [0.2, 0.25) is 0 Å². The summed E-state index contributed by atoms with van der Waals surface area (Å²) in [6, 6.07) is 5.20. The highest BCUT2D eigenvalue weighted by molar-refractivity contribution is 7.13. The van der Waals surface area contributed by atoms with Crippen LogP contribution in [0.25, 0.3) is 10.6 Å². The average molecular weight is 278 g/mol. The number of halogens is 1. The van der Waals surface area contributed by atoms with Crippen molar-refractivity contribution in [3.63, 3.8) is 0 Å². The molecular formula is C14H15FN2OS. The molecule has 2 aromatic rings. The first-order valence-corrected chi connectivity index (χ1v) is 7.18. The zero-order valence-corrected chi connectivity index (χ0v) is 11.5. The summed E-state index contributed by atoms with van der Waals surface area (Å²) in [5.74, 6) is 0.232. The van der Waals surface area contributed by atoms with Gasteiger partial charge in [0.05, 0.1) is 18.8 Å². The molecule has 1 unspecified atom stereocenters. The van der Waals surface area contributed by atoms with E-state index in [4.69, 9.17) is 4.74 Å². The first-order valence-electron chi connectivity index (χ1n) is 6.30. The van der Waals surface area contributed by atoms with E-state index in [9.17, 15) is 4.39 Å². The van der Waals surface area contributed by atoms with Crippen molar-refractivity contribution in [3.05, 3.63) is 35.1 Å². The van der Waals surface area contributed by atoms with Gasteiger partial charge in [-0.1, -0.05) is 0 Å². The fourth-order valence-electron chi connectivity index (χ4n) is 2.30. The molecule has 1 N–H and O–H groups in total. The molecule has 1 saturated heterocycles. The SMILES string of the molecule is COc1ccc(-c2nc(C3CCCN3)cs2)c(F)c1. The fourth-order valence-corrected chi connectivity index (χ4v) is 3.20. The molecule has 1 fully saturated rings. The number of ether oxygens (including phenoxy) is 1. The Bertz CT molecular complexity index is 579. The van der Waals surface area contributed by atoms with E-state index in [0.29, 0.717) is 17.4 Å². The summed E-state index contributed by atoms with van der Waals surface area (Å²) in [5.41, 5.74) is 1.56. The van der Waals surface area contributed by atoms with Gasteiger partial charge in [-0.3, -0.25) is 0 Å². The smallest absolute Gasteiger partial charge is 0.137 e. The number of nitrogens with zero attached hydrogens (tertiary/aromatic N) is 1. The van der Waals surface area contributed by atoms with Gasteiger partial charge in [0.15, 0.2) is 0 Å². The Hall–Kier alpha value is -1.46. The quantitative estimate of drug-likeness (QED) is 0.934. The molecule has 0 aliphatic carbocycles. The molecule has 1 aliphatic rings. The zero-order chi connectivity index (χ0) is 13.2. The zero-order valence-electron chi connectivity index (χ0n) is 10.6. The summed E-state index contributed by atoms with van der Waals surface area (Å²) < 4.78 is 19.0. The second-order valence-electron chi connectivity index (χ2n) is 4.57. The standard InChI is InChI=1S/C14H15FN2OS/c1-18-9-4-5-10(11(15)7-9)14-17-13(8-19-14)12-3-2-6-16-12/h4-5,7-8,12,16H,2-3,6H2,1H3. The van der Waals surface area contributed by atoms with Crippen LogP contribution in [0, 0.1) is 5.82 Å². The minimum atomic E-state index is -0.292. The predicted octanol–water partition coefficient (Wildman–Crippen LogP) is 3.38. The number of hydrogen-bond acceptors (Lipinski definition) is 4. The molecule has 3 nitrogen and oxygen atoms in total. The molecule has 5 heteroatoms. The normalized spacial score (nSPS) is 18.7. The Labute approximate surface area is 115 Å². The first-order chi connectivity index (χ1) is 9.28. The Morgan fingerprint density at radius 2 is 2.37 bits per heavy atom. The number of methoxy groups -OCH3 is 1. The predicted molar refractivity (Wildman–Crippen MR) is 74.0 cm³/mol. The van der Waals surface area contributed by atoms with E-state index in [1.54, 1.807) is 12.1 Å². The Morgan fingerprint density at radius 1 is 1.47 bits per heavy atom. The highest BCUT2D eigenvalue weighted by Crippen LogP contribution is 2.32. The molecule has 1 aromatic carbocycles. The molecule has 1 atom stereocenters. The summed E-state index contributed by atoms with van der Waals surface area (Å²) in [7, 11) is 1.53. The van der Waals surface area contributed by atoms with Crippen LogP contribution in [0.2, 0.25) is 0 Å². The molecule has 0 radical (unpaired) electrons. The Kier molecular flexibility index (Phi) is 3.48. The van der Waals surface area contributed by atoms with Crippen LogP contribution in [-0.2, 0) is 0 Å². The lowest BCUT2D eigenvalue weighted by molar-refractivity contribution is 0.411. The minimum Gasteiger partial charge on any atom is -0.497 e. The molecule has 19 heavy (non-hydrogen) atoms. The molecule has 0 bridgehead atoms. The number of benzene rings is 1. The van der Waals surface area contributed by atoms with Crippen molar-refractivity contribution in [3.8, 4) is 16.3 Å². The monoisotopic (exact) mass is 278 g/mol. The third-order valence-corrected chi connectivity index (χ3v) is 4.24. The topological polar surface area (TPSA) is 34.1 Å². The van der Waals surface area contributed by atoms with Crippen LogP contribution >= 0.6 is 11.3 Å². The van der Waals surface area contributed by atoms with Crippen molar-refractivity contribution >= 4 is 11.3 Å². The Morgan fingerprint density at radius 3 is 3.05 bits per heavy atom. The lowest BCUT2D eigenvalue weighted by Gasteiger charge is -2.05. The maximum Gasteiger partial charge on any atom is 0.137 e. The number of nitrogens with one attached hydrogen (secondary N) is 1. The van der Waals surface area contributed by atoms with E-state index in [2.05, 4.69) is 10.3 Å². The van der Waals surface area contributed by atoms with Gasteiger partial charge < -0.3 is 10.1 Å². The average Bonchev–Trinajstić information content (AvgIpc) is 3.09. The van der Waals surface area contributed by atoms with Crippen molar-refractivity contribution in [1.82, 2.24) is 10.3 Å². The van der Waals surface area contributed by atoms with Crippen LogP contribution in [-0.4, -0.2) is 18.6 Å².